The highest BCUT2D eigenvalue weighted by Crippen LogP contribution is 2.28. The molecule has 0 amide bonds. The number of carbonyl (C=O) groups is 1. The van der Waals surface area contributed by atoms with Crippen LogP contribution in [0.25, 0.3) is 0 Å². The lowest BCUT2D eigenvalue weighted by Crippen LogP contribution is -2.13. The zero-order valence-corrected chi connectivity index (χ0v) is 11.7. The van der Waals surface area contributed by atoms with Crippen molar-refractivity contribution in [2.45, 2.75) is 45.1 Å². The summed E-state index contributed by atoms with van der Waals surface area (Å²) in [6.07, 6.45) is 3.89. The number of rotatable bonds is 7. The maximum atomic E-state index is 13.1. The van der Waals surface area contributed by atoms with Crippen molar-refractivity contribution in [3.8, 4) is 0 Å². The summed E-state index contributed by atoms with van der Waals surface area (Å²) >= 11 is 0. The van der Waals surface area contributed by atoms with Gasteiger partial charge in [0.05, 0.1) is 6.42 Å². The predicted molar refractivity (Wildman–Crippen MR) is 72.4 cm³/mol. The summed E-state index contributed by atoms with van der Waals surface area (Å²) in [7, 11) is 0. The third kappa shape index (κ3) is 4.72. The number of hydrogen-bond donors (Lipinski definition) is 0. The van der Waals surface area contributed by atoms with E-state index in [0.29, 0.717) is 12.0 Å². The Labute approximate surface area is 117 Å². The van der Waals surface area contributed by atoms with Gasteiger partial charge in [0.15, 0.2) is 0 Å². The van der Waals surface area contributed by atoms with Gasteiger partial charge in [-0.2, -0.15) is 8.78 Å². The number of nitrogens with zero attached hydrogens (tertiary/aromatic N) is 1. The molecule has 1 aromatic rings. The summed E-state index contributed by atoms with van der Waals surface area (Å²) < 4.78 is 31.5. The van der Waals surface area contributed by atoms with E-state index in [2.05, 4.69) is 11.6 Å². The second-order valence-corrected chi connectivity index (χ2v) is 4.63. The molecule has 0 aliphatic rings. The molecule has 0 fully saturated rings. The molecule has 0 aromatic carbocycles. The Morgan fingerprint density at radius 2 is 2.25 bits per heavy atom. The lowest BCUT2D eigenvalue weighted by Gasteiger charge is -2.18. The minimum absolute atomic E-state index is 0.124. The molecule has 0 N–H and O–H groups in total. The Morgan fingerprint density at radius 1 is 1.55 bits per heavy atom. The van der Waals surface area contributed by atoms with Gasteiger partial charge in [0.2, 0.25) is 0 Å². The maximum Gasteiger partial charge on any atom is 0.310 e. The van der Waals surface area contributed by atoms with Crippen molar-refractivity contribution in [1.29, 1.82) is 0 Å². The average Bonchev–Trinajstić information content (AvgIpc) is 2.38. The largest absolute Gasteiger partial charge is 0.457 e. The van der Waals surface area contributed by atoms with Crippen LogP contribution >= 0.6 is 0 Å². The number of pyridine rings is 1. The van der Waals surface area contributed by atoms with Gasteiger partial charge < -0.3 is 4.74 Å². The molecule has 1 aromatic heterocycles. The van der Waals surface area contributed by atoms with Crippen LogP contribution in [0.1, 0.15) is 50.5 Å². The Bertz CT molecular complexity index is 452. The number of carbonyl (C=O) groups excluding carboxylic acids is 1. The Balaban J connectivity index is 2.86. The smallest absolute Gasteiger partial charge is 0.310 e. The first-order chi connectivity index (χ1) is 9.38. The maximum absolute atomic E-state index is 13.1. The van der Waals surface area contributed by atoms with E-state index in [4.69, 9.17) is 4.74 Å². The van der Waals surface area contributed by atoms with E-state index in [1.54, 1.807) is 0 Å². The molecule has 3 nitrogen and oxygen atoms in total. The molecule has 0 spiro atoms. The molecule has 1 heterocycles. The highest BCUT2D eigenvalue weighted by atomic mass is 19.3. The lowest BCUT2D eigenvalue weighted by molar-refractivity contribution is -0.148. The number of alkyl halides is 2. The van der Waals surface area contributed by atoms with E-state index >= 15 is 0 Å². The fourth-order valence-corrected chi connectivity index (χ4v) is 1.74. The number of ether oxygens (including phenoxy) is 1. The number of hydrogen-bond acceptors (Lipinski definition) is 3. The van der Waals surface area contributed by atoms with Gasteiger partial charge in [-0.3, -0.25) is 9.78 Å². The molecule has 1 rings (SSSR count). The Kier molecular flexibility index (Phi) is 5.80. The SMILES string of the molecule is C=CCC(=O)OC(CCC)c1ccc(C(C)(F)F)nc1. The molecule has 0 radical (unpaired) electrons. The monoisotopic (exact) mass is 283 g/mol. The third-order valence-corrected chi connectivity index (χ3v) is 2.74. The molecule has 0 saturated carbocycles. The van der Waals surface area contributed by atoms with Gasteiger partial charge >= 0.3 is 5.97 Å². The summed E-state index contributed by atoms with van der Waals surface area (Å²) in [5.41, 5.74) is 0.325. The quantitative estimate of drug-likeness (QED) is 0.557. The van der Waals surface area contributed by atoms with Crippen LogP contribution < -0.4 is 0 Å². The zero-order chi connectivity index (χ0) is 15.2. The highest BCUT2D eigenvalue weighted by Gasteiger charge is 2.26. The second-order valence-electron chi connectivity index (χ2n) is 4.63. The van der Waals surface area contributed by atoms with Crippen molar-refractivity contribution in [3.63, 3.8) is 0 Å². The molecule has 20 heavy (non-hydrogen) atoms. The van der Waals surface area contributed by atoms with E-state index in [-0.39, 0.29) is 18.1 Å². The van der Waals surface area contributed by atoms with Crippen LogP contribution in [0.5, 0.6) is 0 Å². The van der Waals surface area contributed by atoms with Crippen LogP contribution in [-0.2, 0) is 15.5 Å². The van der Waals surface area contributed by atoms with Crippen LogP contribution in [0, 0.1) is 0 Å². The van der Waals surface area contributed by atoms with Crippen molar-refractivity contribution in [2.75, 3.05) is 0 Å². The number of esters is 1. The minimum atomic E-state index is -2.97. The van der Waals surface area contributed by atoms with Crippen molar-refractivity contribution in [3.05, 3.63) is 42.2 Å². The summed E-state index contributed by atoms with van der Waals surface area (Å²) in [5.74, 6) is -3.36. The standard InChI is InChI=1S/C15H19F2NO2/c1-4-6-12(20-14(19)7-5-2)11-8-9-13(18-10-11)15(3,16)17/h5,8-10,12H,2,4,6-7H2,1,3H3. The first kappa shape index (κ1) is 16.3. The second kappa shape index (κ2) is 7.12. The molecule has 1 unspecified atom stereocenters. The summed E-state index contributed by atoms with van der Waals surface area (Å²) in [4.78, 5) is 15.2. The molecular weight excluding hydrogens is 264 g/mol. The molecule has 0 bridgehead atoms. The molecule has 1 atom stereocenters. The van der Waals surface area contributed by atoms with E-state index in [1.807, 2.05) is 6.92 Å². The topological polar surface area (TPSA) is 39.2 Å². The van der Waals surface area contributed by atoms with Crippen molar-refractivity contribution >= 4 is 5.97 Å². The van der Waals surface area contributed by atoms with Gasteiger partial charge in [-0.1, -0.05) is 25.5 Å². The zero-order valence-electron chi connectivity index (χ0n) is 11.7. The minimum Gasteiger partial charge on any atom is -0.457 e. The summed E-state index contributed by atoms with van der Waals surface area (Å²) in [6, 6.07) is 2.79. The fourth-order valence-electron chi connectivity index (χ4n) is 1.74. The molecule has 110 valence electrons. The molecule has 0 aliphatic heterocycles. The van der Waals surface area contributed by atoms with Crippen LogP contribution in [0.15, 0.2) is 31.0 Å². The normalized spacial score (nSPS) is 12.8. The summed E-state index contributed by atoms with van der Waals surface area (Å²) in [6.45, 7) is 6.22. The lowest BCUT2D eigenvalue weighted by atomic mass is 10.1. The van der Waals surface area contributed by atoms with Crippen molar-refractivity contribution in [2.24, 2.45) is 0 Å². The van der Waals surface area contributed by atoms with E-state index in [1.165, 1.54) is 24.4 Å². The first-order valence-corrected chi connectivity index (χ1v) is 6.53. The molecular formula is C15H19F2NO2. The van der Waals surface area contributed by atoms with Gasteiger partial charge in [0, 0.05) is 18.7 Å². The molecule has 0 aliphatic carbocycles. The van der Waals surface area contributed by atoms with Gasteiger partial charge in [-0.15, -0.1) is 6.58 Å². The number of halogens is 2. The van der Waals surface area contributed by atoms with Gasteiger partial charge in [-0.05, 0) is 12.5 Å². The molecule has 5 heteroatoms. The van der Waals surface area contributed by atoms with Gasteiger partial charge in [-0.25, -0.2) is 0 Å². The van der Waals surface area contributed by atoms with Crippen LogP contribution in [0.3, 0.4) is 0 Å². The van der Waals surface area contributed by atoms with Crippen LogP contribution in [-0.4, -0.2) is 11.0 Å². The Morgan fingerprint density at radius 3 is 2.70 bits per heavy atom. The first-order valence-electron chi connectivity index (χ1n) is 6.53. The van der Waals surface area contributed by atoms with Gasteiger partial charge in [0.25, 0.3) is 5.92 Å². The fraction of sp³-hybridized carbons (Fsp3) is 0.467. The Hall–Kier alpha value is -1.78. The molecule has 0 saturated heterocycles. The van der Waals surface area contributed by atoms with E-state index < -0.39 is 12.0 Å². The van der Waals surface area contributed by atoms with Crippen LogP contribution in [0.4, 0.5) is 8.78 Å². The average molecular weight is 283 g/mol. The highest BCUT2D eigenvalue weighted by molar-refractivity contribution is 5.71. The third-order valence-electron chi connectivity index (χ3n) is 2.74. The predicted octanol–water partition coefficient (Wildman–Crippen LogP) is 4.15. The van der Waals surface area contributed by atoms with Crippen LogP contribution in [0.2, 0.25) is 0 Å². The van der Waals surface area contributed by atoms with Crippen molar-refractivity contribution < 1.29 is 18.3 Å². The van der Waals surface area contributed by atoms with Crippen molar-refractivity contribution in [1.82, 2.24) is 4.98 Å². The van der Waals surface area contributed by atoms with E-state index in [9.17, 15) is 13.6 Å². The van der Waals surface area contributed by atoms with E-state index in [0.717, 1.165) is 13.3 Å². The van der Waals surface area contributed by atoms with Gasteiger partial charge in [0.1, 0.15) is 11.8 Å². The number of aromatic nitrogens is 1. The summed E-state index contributed by atoms with van der Waals surface area (Å²) in [5, 5.41) is 0.